The second kappa shape index (κ2) is 7.05. The highest BCUT2D eigenvalue weighted by molar-refractivity contribution is 7.99. The highest BCUT2D eigenvalue weighted by Gasteiger charge is 2.23. The van der Waals surface area contributed by atoms with Crippen LogP contribution in [-0.4, -0.2) is 46.0 Å². The standard InChI is InChI=1S/C12H12N4O6S/c1-6(17)13-7(12(18)21-2)5-23-9-4-3-8(16(19)20)10-11(9)15-22-14-10/h3-4,7H,5H2,1-2H3,(H,13,17). The number of nitro benzene ring substituents is 1. The molecule has 2 aromatic rings. The number of fused-ring (bicyclic) bond motifs is 1. The summed E-state index contributed by atoms with van der Waals surface area (Å²) in [6.45, 7) is 1.28. The van der Waals surface area contributed by atoms with Gasteiger partial charge in [-0.2, -0.15) is 0 Å². The third-order valence-electron chi connectivity index (χ3n) is 2.82. The molecule has 2 rings (SSSR count). The summed E-state index contributed by atoms with van der Waals surface area (Å²) in [6.07, 6.45) is 0. The Morgan fingerprint density at radius 2 is 2.13 bits per heavy atom. The molecule has 23 heavy (non-hydrogen) atoms. The number of nitrogens with zero attached hydrogens (tertiary/aromatic N) is 3. The Balaban J connectivity index is 2.23. The average molecular weight is 340 g/mol. The van der Waals surface area contributed by atoms with Crippen LogP contribution in [0.2, 0.25) is 0 Å². The van der Waals surface area contributed by atoms with Crippen LogP contribution in [0.4, 0.5) is 5.69 Å². The van der Waals surface area contributed by atoms with Gasteiger partial charge in [-0.3, -0.25) is 14.9 Å². The van der Waals surface area contributed by atoms with Crippen molar-refractivity contribution in [3.05, 3.63) is 22.2 Å². The van der Waals surface area contributed by atoms with Gasteiger partial charge in [0.05, 0.1) is 12.0 Å². The SMILES string of the molecule is COC(=O)C(CSc1ccc([N+](=O)[O-])c2nonc12)NC(C)=O. The fraction of sp³-hybridized carbons (Fsp3) is 0.333. The zero-order valence-electron chi connectivity index (χ0n) is 12.1. The summed E-state index contributed by atoms with van der Waals surface area (Å²) in [5.41, 5.74) is 0.0155. The monoisotopic (exact) mass is 340 g/mol. The lowest BCUT2D eigenvalue weighted by atomic mass is 10.3. The van der Waals surface area contributed by atoms with Gasteiger partial charge in [-0.25, -0.2) is 9.42 Å². The molecule has 1 N–H and O–H groups in total. The Hall–Kier alpha value is -2.69. The Labute approximate surface area is 133 Å². The van der Waals surface area contributed by atoms with Gasteiger partial charge in [0.1, 0.15) is 6.04 Å². The van der Waals surface area contributed by atoms with Gasteiger partial charge >= 0.3 is 11.7 Å². The molecule has 0 bridgehead atoms. The first-order valence-corrected chi connectivity index (χ1v) is 7.30. The van der Waals surface area contributed by atoms with Crippen LogP contribution in [0.15, 0.2) is 21.7 Å². The molecule has 1 unspecified atom stereocenters. The number of thioether (sulfide) groups is 1. The minimum atomic E-state index is -0.854. The van der Waals surface area contributed by atoms with Gasteiger partial charge in [-0.15, -0.1) is 11.8 Å². The third kappa shape index (κ3) is 3.74. The lowest BCUT2D eigenvalue weighted by Gasteiger charge is -2.14. The molecule has 0 radical (unpaired) electrons. The van der Waals surface area contributed by atoms with Crippen molar-refractivity contribution >= 4 is 40.4 Å². The number of benzene rings is 1. The number of nitrogens with one attached hydrogen (secondary N) is 1. The predicted octanol–water partition coefficient (Wildman–Crippen LogP) is 0.901. The molecular weight excluding hydrogens is 328 g/mol. The normalized spacial score (nSPS) is 11.9. The first-order chi connectivity index (χ1) is 10.9. The van der Waals surface area contributed by atoms with Gasteiger partial charge in [-0.05, 0) is 16.4 Å². The van der Waals surface area contributed by atoms with E-state index in [1.54, 1.807) is 0 Å². The van der Waals surface area contributed by atoms with E-state index >= 15 is 0 Å². The van der Waals surface area contributed by atoms with Crippen molar-refractivity contribution in [2.24, 2.45) is 0 Å². The molecular formula is C12H12N4O6S. The Morgan fingerprint density at radius 3 is 2.74 bits per heavy atom. The van der Waals surface area contributed by atoms with Crippen LogP contribution in [-0.2, 0) is 14.3 Å². The molecule has 0 spiro atoms. The largest absolute Gasteiger partial charge is 0.467 e. The minimum Gasteiger partial charge on any atom is -0.467 e. The van der Waals surface area contributed by atoms with E-state index in [1.807, 2.05) is 0 Å². The van der Waals surface area contributed by atoms with Gasteiger partial charge in [0.2, 0.25) is 11.4 Å². The van der Waals surface area contributed by atoms with Crippen molar-refractivity contribution in [3.63, 3.8) is 0 Å². The molecule has 122 valence electrons. The first-order valence-electron chi connectivity index (χ1n) is 6.31. The van der Waals surface area contributed by atoms with E-state index in [2.05, 4.69) is 25.0 Å². The first kappa shape index (κ1) is 16.7. The molecule has 1 atom stereocenters. The molecule has 1 amide bonds. The predicted molar refractivity (Wildman–Crippen MR) is 78.8 cm³/mol. The van der Waals surface area contributed by atoms with E-state index < -0.39 is 16.9 Å². The number of aromatic nitrogens is 2. The van der Waals surface area contributed by atoms with Gasteiger partial charge < -0.3 is 10.1 Å². The zero-order chi connectivity index (χ0) is 17.0. The fourth-order valence-corrected chi connectivity index (χ4v) is 2.82. The summed E-state index contributed by atoms with van der Waals surface area (Å²) in [4.78, 5) is 33.6. The maximum atomic E-state index is 11.6. The van der Waals surface area contributed by atoms with Crippen molar-refractivity contribution in [1.29, 1.82) is 0 Å². The molecule has 0 aliphatic carbocycles. The minimum absolute atomic E-state index is 0.0224. The number of carbonyl (C=O) groups excluding carboxylic acids is 2. The highest BCUT2D eigenvalue weighted by Crippen LogP contribution is 2.31. The molecule has 10 nitrogen and oxygen atoms in total. The van der Waals surface area contributed by atoms with Gasteiger partial charge in [0, 0.05) is 23.6 Å². The number of nitro groups is 1. The number of amides is 1. The number of esters is 1. The van der Waals surface area contributed by atoms with Crippen LogP contribution in [0.3, 0.4) is 0 Å². The van der Waals surface area contributed by atoms with Gasteiger partial charge in [0.25, 0.3) is 0 Å². The number of ether oxygens (including phenoxy) is 1. The molecule has 11 heteroatoms. The maximum absolute atomic E-state index is 11.6. The molecule has 0 saturated heterocycles. The van der Waals surface area contributed by atoms with E-state index in [0.29, 0.717) is 4.90 Å². The molecule has 0 fully saturated rings. The van der Waals surface area contributed by atoms with E-state index in [4.69, 9.17) is 0 Å². The van der Waals surface area contributed by atoms with Crippen molar-refractivity contribution in [2.45, 2.75) is 17.9 Å². The van der Waals surface area contributed by atoms with Crippen LogP contribution < -0.4 is 5.32 Å². The second-order valence-electron chi connectivity index (χ2n) is 4.39. The number of non-ortho nitro benzene ring substituents is 1. The quantitative estimate of drug-likeness (QED) is 0.352. The van der Waals surface area contributed by atoms with Crippen LogP contribution in [0.25, 0.3) is 11.0 Å². The number of hydrogen-bond acceptors (Lipinski definition) is 9. The van der Waals surface area contributed by atoms with E-state index in [9.17, 15) is 19.7 Å². The Bertz CT molecular complexity index is 761. The maximum Gasteiger partial charge on any atom is 0.329 e. The van der Waals surface area contributed by atoms with Crippen LogP contribution >= 0.6 is 11.8 Å². The van der Waals surface area contributed by atoms with Gasteiger partial charge in [0.15, 0.2) is 5.52 Å². The summed E-state index contributed by atoms with van der Waals surface area (Å²) in [5, 5.41) is 20.6. The van der Waals surface area contributed by atoms with E-state index in [0.717, 1.165) is 0 Å². The van der Waals surface area contributed by atoms with Crippen LogP contribution in [0, 0.1) is 10.1 Å². The summed E-state index contributed by atoms with van der Waals surface area (Å²) < 4.78 is 9.18. The molecule has 1 aromatic heterocycles. The number of rotatable bonds is 6. The topological polar surface area (TPSA) is 137 Å². The smallest absolute Gasteiger partial charge is 0.329 e. The number of hydrogen-bond donors (Lipinski definition) is 1. The van der Waals surface area contributed by atoms with E-state index in [1.165, 1.54) is 37.9 Å². The molecule has 1 heterocycles. The second-order valence-corrected chi connectivity index (χ2v) is 5.45. The molecule has 1 aromatic carbocycles. The number of carbonyl (C=O) groups is 2. The summed E-state index contributed by atoms with van der Waals surface area (Å²) in [7, 11) is 1.22. The lowest BCUT2D eigenvalue weighted by molar-refractivity contribution is -0.383. The summed E-state index contributed by atoms with van der Waals surface area (Å²) >= 11 is 1.17. The molecule has 0 aliphatic rings. The molecule has 0 aliphatic heterocycles. The van der Waals surface area contributed by atoms with Crippen molar-refractivity contribution in [3.8, 4) is 0 Å². The molecule has 0 saturated carbocycles. The Morgan fingerprint density at radius 1 is 1.43 bits per heavy atom. The summed E-state index contributed by atoms with van der Waals surface area (Å²) in [6, 6.07) is 1.91. The lowest BCUT2D eigenvalue weighted by Crippen LogP contribution is -2.42. The van der Waals surface area contributed by atoms with Crippen molar-refractivity contribution in [2.75, 3.05) is 12.9 Å². The highest BCUT2D eigenvalue weighted by atomic mass is 32.2. The Kier molecular flexibility index (Phi) is 5.11. The zero-order valence-corrected chi connectivity index (χ0v) is 13.0. The van der Waals surface area contributed by atoms with Crippen molar-refractivity contribution < 1.29 is 23.9 Å². The van der Waals surface area contributed by atoms with E-state index in [-0.39, 0.29) is 28.4 Å². The average Bonchev–Trinajstić information content (AvgIpc) is 2.99. The van der Waals surface area contributed by atoms with Gasteiger partial charge in [-0.1, -0.05) is 0 Å². The third-order valence-corrected chi connectivity index (χ3v) is 3.96. The van der Waals surface area contributed by atoms with Crippen LogP contribution in [0.5, 0.6) is 0 Å². The van der Waals surface area contributed by atoms with Crippen molar-refractivity contribution in [1.82, 2.24) is 15.6 Å². The summed E-state index contributed by atoms with van der Waals surface area (Å²) in [5.74, 6) is -0.812. The number of methoxy groups -OCH3 is 1. The fourth-order valence-electron chi connectivity index (χ4n) is 1.82. The van der Waals surface area contributed by atoms with Crippen LogP contribution in [0.1, 0.15) is 6.92 Å².